The lowest BCUT2D eigenvalue weighted by molar-refractivity contribution is 0.391. The van der Waals surface area contributed by atoms with Gasteiger partial charge in [0.25, 0.3) is 0 Å². The number of hydrogen-bond acceptors (Lipinski definition) is 5. The van der Waals surface area contributed by atoms with E-state index in [4.69, 9.17) is 4.52 Å². The number of rotatable bonds is 5. The van der Waals surface area contributed by atoms with E-state index in [1.54, 1.807) is 29.1 Å². The summed E-state index contributed by atoms with van der Waals surface area (Å²) in [7, 11) is 0. The van der Waals surface area contributed by atoms with Crippen LogP contribution < -0.4 is 5.69 Å². The Morgan fingerprint density at radius 2 is 1.96 bits per heavy atom. The zero-order valence-corrected chi connectivity index (χ0v) is 15.3. The van der Waals surface area contributed by atoms with Gasteiger partial charge >= 0.3 is 5.69 Å². The number of aromatic hydroxyl groups is 1. The Balaban J connectivity index is 1.64. The van der Waals surface area contributed by atoms with Gasteiger partial charge in [-0.25, -0.2) is 13.8 Å². The molecule has 144 valence electrons. The first-order chi connectivity index (χ1) is 13.4. The van der Waals surface area contributed by atoms with Crippen molar-refractivity contribution < 1.29 is 14.0 Å². The minimum Gasteiger partial charge on any atom is -0.493 e. The number of benzene rings is 1. The lowest BCUT2D eigenvalue weighted by atomic mass is 10.2. The van der Waals surface area contributed by atoms with Crippen molar-refractivity contribution >= 4 is 0 Å². The predicted octanol–water partition coefficient (Wildman–Crippen LogP) is 2.38. The minimum atomic E-state index is -0.488. The molecular weight excluding hydrogens is 365 g/mol. The molecule has 0 saturated carbocycles. The molecule has 0 aliphatic rings. The summed E-state index contributed by atoms with van der Waals surface area (Å²) in [5.41, 5.74) is 1.95. The van der Waals surface area contributed by atoms with Crippen molar-refractivity contribution in [3.05, 3.63) is 81.7 Å². The van der Waals surface area contributed by atoms with Gasteiger partial charge in [0.2, 0.25) is 5.88 Å². The summed E-state index contributed by atoms with van der Waals surface area (Å²) in [5.74, 6) is 0.0396. The molecule has 0 aliphatic heterocycles. The molecule has 8 nitrogen and oxygen atoms in total. The van der Waals surface area contributed by atoms with Gasteiger partial charge in [-0.05, 0) is 19.9 Å². The van der Waals surface area contributed by atoms with Crippen molar-refractivity contribution in [2.75, 3.05) is 0 Å². The average molecular weight is 383 g/mol. The van der Waals surface area contributed by atoms with E-state index in [1.165, 1.54) is 23.0 Å². The lowest BCUT2D eigenvalue weighted by Crippen LogP contribution is -2.23. The highest BCUT2D eigenvalue weighted by Gasteiger charge is 2.16. The van der Waals surface area contributed by atoms with Crippen LogP contribution in [0, 0.1) is 19.7 Å². The fourth-order valence-corrected chi connectivity index (χ4v) is 3.09. The molecule has 0 saturated heterocycles. The largest absolute Gasteiger partial charge is 0.493 e. The number of hydrogen-bond donors (Lipinski definition) is 1. The average Bonchev–Trinajstić information content (AvgIpc) is 3.32. The van der Waals surface area contributed by atoms with E-state index in [-0.39, 0.29) is 12.4 Å². The van der Waals surface area contributed by atoms with E-state index in [0.29, 0.717) is 23.6 Å². The maximum atomic E-state index is 13.9. The number of aryl methyl sites for hydroxylation is 2. The van der Waals surface area contributed by atoms with E-state index in [1.807, 2.05) is 13.8 Å². The first kappa shape index (κ1) is 17.8. The number of imidazole rings is 1. The molecule has 0 spiro atoms. The molecule has 3 aromatic heterocycles. The van der Waals surface area contributed by atoms with E-state index in [2.05, 4.69) is 10.3 Å². The monoisotopic (exact) mass is 383 g/mol. The van der Waals surface area contributed by atoms with Gasteiger partial charge in [0.05, 0.1) is 36.9 Å². The van der Waals surface area contributed by atoms with Gasteiger partial charge in [-0.2, -0.15) is 5.10 Å². The lowest BCUT2D eigenvalue weighted by Gasteiger charge is -2.03. The van der Waals surface area contributed by atoms with Crippen LogP contribution in [0.4, 0.5) is 4.39 Å². The molecular formula is C19H18FN5O3. The van der Waals surface area contributed by atoms with Crippen LogP contribution in [0.5, 0.6) is 5.88 Å². The molecule has 1 aromatic carbocycles. The Kier molecular flexibility index (Phi) is 4.34. The third-order valence-electron chi connectivity index (χ3n) is 4.62. The van der Waals surface area contributed by atoms with Crippen LogP contribution >= 0.6 is 0 Å². The highest BCUT2D eigenvalue weighted by Crippen LogP contribution is 2.18. The van der Waals surface area contributed by atoms with Crippen LogP contribution in [0.3, 0.4) is 0 Å². The van der Waals surface area contributed by atoms with Gasteiger partial charge in [0.1, 0.15) is 11.6 Å². The van der Waals surface area contributed by atoms with E-state index < -0.39 is 11.5 Å². The number of aromatic nitrogens is 5. The zero-order chi connectivity index (χ0) is 19.8. The highest BCUT2D eigenvalue weighted by molar-refractivity contribution is 5.32. The molecule has 0 radical (unpaired) electrons. The molecule has 0 atom stereocenters. The molecule has 0 bridgehead atoms. The molecule has 1 N–H and O–H groups in total. The predicted molar refractivity (Wildman–Crippen MR) is 98.1 cm³/mol. The van der Waals surface area contributed by atoms with E-state index in [9.17, 15) is 14.3 Å². The van der Waals surface area contributed by atoms with Crippen LogP contribution in [0.1, 0.15) is 22.6 Å². The summed E-state index contributed by atoms with van der Waals surface area (Å²) in [4.78, 5) is 12.7. The Labute approximate surface area is 159 Å². The molecule has 0 unspecified atom stereocenters. The smallest absolute Gasteiger partial charge is 0.336 e. The molecule has 4 aromatic rings. The fraction of sp³-hybridized carbons (Fsp3) is 0.211. The molecule has 9 heteroatoms. The fourth-order valence-electron chi connectivity index (χ4n) is 3.09. The topological polar surface area (TPSA) is 91.0 Å². The third-order valence-corrected chi connectivity index (χ3v) is 4.62. The van der Waals surface area contributed by atoms with Gasteiger partial charge in [-0.15, -0.1) is 0 Å². The van der Waals surface area contributed by atoms with Crippen LogP contribution in [0.25, 0.3) is 5.69 Å². The molecule has 0 amide bonds. The third kappa shape index (κ3) is 3.11. The van der Waals surface area contributed by atoms with Gasteiger partial charge in [-0.3, -0.25) is 9.25 Å². The molecule has 4 rings (SSSR count). The summed E-state index contributed by atoms with van der Waals surface area (Å²) in [6.45, 7) is 4.10. The zero-order valence-electron chi connectivity index (χ0n) is 15.3. The molecule has 28 heavy (non-hydrogen) atoms. The van der Waals surface area contributed by atoms with Crippen LogP contribution in [-0.4, -0.2) is 29.2 Å². The van der Waals surface area contributed by atoms with Crippen molar-refractivity contribution in [2.45, 2.75) is 26.9 Å². The summed E-state index contributed by atoms with van der Waals surface area (Å²) in [6, 6.07) is 6.20. The van der Waals surface area contributed by atoms with Crippen molar-refractivity contribution in [1.82, 2.24) is 24.1 Å². The molecule has 3 heterocycles. The van der Waals surface area contributed by atoms with Crippen molar-refractivity contribution in [3.8, 4) is 11.6 Å². The molecule has 0 fully saturated rings. The molecule has 0 aliphatic carbocycles. The van der Waals surface area contributed by atoms with E-state index >= 15 is 0 Å². The van der Waals surface area contributed by atoms with Crippen molar-refractivity contribution in [1.29, 1.82) is 0 Å². The van der Waals surface area contributed by atoms with Crippen LogP contribution in [0.15, 0.2) is 52.2 Å². The second-order valence-electron chi connectivity index (χ2n) is 6.52. The van der Waals surface area contributed by atoms with Crippen molar-refractivity contribution in [3.63, 3.8) is 0 Å². The Hall–Kier alpha value is -3.62. The maximum Gasteiger partial charge on any atom is 0.336 e. The summed E-state index contributed by atoms with van der Waals surface area (Å²) in [5, 5.41) is 18.4. The Morgan fingerprint density at radius 1 is 1.18 bits per heavy atom. The minimum absolute atomic E-state index is 0.0132. The Bertz CT molecular complexity index is 1180. The standard InChI is InChI=1S/C19H18FN5O3/c1-12-16(13(2)28-22-12)10-24-9-15(7-21-24)25-18(26)11-23(19(25)27)8-14-5-3-4-6-17(14)20/h3-7,9,11,26H,8,10H2,1-2H3. The first-order valence-electron chi connectivity index (χ1n) is 8.63. The second kappa shape index (κ2) is 6.84. The van der Waals surface area contributed by atoms with Gasteiger partial charge in [0, 0.05) is 17.3 Å². The van der Waals surface area contributed by atoms with Crippen LogP contribution in [-0.2, 0) is 13.1 Å². The number of halogens is 1. The summed E-state index contributed by atoms with van der Waals surface area (Å²) >= 11 is 0. The summed E-state index contributed by atoms with van der Waals surface area (Å²) in [6.07, 6.45) is 4.40. The van der Waals surface area contributed by atoms with E-state index in [0.717, 1.165) is 15.8 Å². The Morgan fingerprint density at radius 3 is 2.68 bits per heavy atom. The first-order valence-corrected chi connectivity index (χ1v) is 8.63. The van der Waals surface area contributed by atoms with Gasteiger partial charge < -0.3 is 9.63 Å². The van der Waals surface area contributed by atoms with Gasteiger partial charge in [-0.1, -0.05) is 23.4 Å². The second-order valence-corrected chi connectivity index (χ2v) is 6.52. The SMILES string of the molecule is Cc1noc(C)c1Cn1cc(-n2c(O)cn(Cc3ccccc3F)c2=O)cn1. The van der Waals surface area contributed by atoms with Crippen LogP contribution in [0.2, 0.25) is 0 Å². The van der Waals surface area contributed by atoms with Crippen molar-refractivity contribution in [2.24, 2.45) is 0 Å². The summed E-state index contributed by atoms with van der Waals surface area (Å²) < 4.78 is 23.0. The maximum absolute atomic E-state index is 13.9. The normalized spacial score (nSPS) is 11.2. The number of nitrogens with zero attached hydrogens (tertiary/aromatic N) is 5. The quantitative estimate of drug-likeness (QED) is 0.571. The highest BCUT2D eigenvalue weighted by atomic mass is 19.1. The van der Waals surface area contributed by atoms with Gasteiger partial charge in [0.15, 0.2) is 0 Å².